The Hall–Kier alpha value is -3.67. The Morgan fingerprint density at radius 2 is 1.86 bits per heavy atom. The van der Waals surface area contributed by atoms with Gasteiger partial charge in [0.15, 0.2) is 0 Å². The highest BCUT2D eigenvalue weighted by Crippen LogP contribution is 2.24. The number of nitrogens with one attached hydrogen (secondary N) is 1. The van der Waals surface area contributed by atoms with Crippen molar-refractivity contribution < 1.29 is 14.3 Å². The van der Waals surface area contributed by atoms with E-state index in [4.69, 9.17) is 4.74 Å². The second-order valence-electron chi connectivity index (χ2n) is 6.47. The van der Waals surface area contributed by atoms with Crippen molar-refractivity contribution in [2.24, 2.45) is 0 Å². The molecular formula is C23H23N3O3. The van der Waals surface area contributed by atoms with Gasteiger partial charge in [-0.2, -0.15) is 0 Å². The van der Waals surface area contributed by atoms with E-state index in [-0.39, 0.29) is 11.6 Å². The topological polar surface area (TPSA) is 71.5 Å². The third-order valence-corrected chi connectivity index (χ3v) is 4.47. The highest BCUT2D eigenvalue weighted by atomic mass is 16.5. The van der Waals surface area contributed by atoms with Crippen LogP contribution >= 0.6 is 0 Å². The van der Waals surface area contributed by atoms with Crippen LogP contribution in [0.4, 0.5) is 11.4 Å². The number of para-hydroxylation sites is 2. The smallest absolute Gasteiger partial charge is 0.274 e. The number of anilines is 2. The van der Waals surface area contributed by atoms with Gasteiger partial charge in [-0.25, -0.2) is 0 Å². The standard InChI is InChI=1S/C23H23N3O3/c1-4-26(18-9-7-8-16(2)14-18)23(28)17-12-13-24-20(15-17)22(27)25-19-10-5-6-11-21(19)29-3/h5-15H,4H2,1-3H3,(H,25,27). The molecule has 6 nitrogen and oxygen atoms in total. The van der Waals surface area contributed by atoms with Crippen molar-refractivity contribution in [2.75, 3.05) is 23.9 Å². The van der Waals surface area contributed by atoms with Crippen LogP contribution in [-0.2, 0) is 0 Å². The number of hydrogen-bond acceptors (Lipinski definition) is 4. The number of aromatic nitrogens is 1. The second kappa shape index (κ2) is 9.01. The van der Waals surface area contributed by atoms with Gasteiger partial charge in [0.05, 0.1) is 12.8 Å². The van der Waals surface area contributed by atoms with Gasteiger partial charge < -0.3 is 15.0 Å². The van der Waals surface area contributed by atoms with Crippen LogP contribution in [0.1, 0.15) is 33.3 Å². The van der Waals surface area contributed by atoms with Crippen LogP contribution in [0.15, 0.2) is 66.9 Å². The number of benzene rings is 2. The minimum absolute atomic E-state index is 0.155. The van der Waals surface area contributed by atoms with Crippen LogP contribution in [0.2, 0.25) is 0 Å². The van der Waals surface area contributed by atoms with Crippen molar-refractivity contribution in [3.63, 3.8) is 0 Å². The third kappa shape index (κ3) is 4.60. The first-order valence-corrected chi connectivity index (χ1v) is 9.32. The zero-order valence-electron chi connectivity index (χ0n) is 16.7. The summed E-state index contributed by atoms with van der Waals surface area (Å²) >= 11 is 0. The Balaban J connectivity index is 1.84. The van der Waals surface area contributed by atoms with Gasteiger partial charge >= 0.3 is 0 Å². The van der Waals surface area contributed by atoms with Crippen LogP contribution in [0.25, 0.3) is 0 Å². The second-order valence-corrected chi connectivity index (χ2v) is 6.47. The number of nitrogens with zero attached hydrogens (tertiary/aromatic N) is 2. The number of carbonyl (C=O) groups excluding carboxylic acids is 2. The lowest BCUT2D eigenvalue weighted by Gasteiger charge is -2.21. The molecule has 0 saturated heterocycles. The van der Waals surface area contributed by atoms with Gasteiger partial charge in [-0.1, -0.05) is 24.3 Å². The van der Waals surface area contributed by atoms with Gasteiger partial charge in [-0.15, -0.1) is 0 Å². The summed E-state index contributed by atoms with van der Waals surface area (Å²) in [7, 11) is 1.53. The number of ether oxygens (including phenoxy) is 1. The largest absolute Gasteiger partial charge is 0.495 e. The molecule has 1 heterocycles. The van der Waals surface area contributed by atoms with Crippen molar-refractivity contribution in [1.29, 1.82) is 0 Å². The van der Waals surface area contributed by atoms with Crippen molar-refractivity contribution in [3.8, 4) is 5.75 Å². The summed E-state index contributed by atoms with van der Waals surface area (Å²) in [6.45, 7) is 4.40. The summed E-state index contributed by atoms with van der Waals surface area (Å²) in [6.07, 6.45) is 1.47. The minimum atomic E-state index is -0.414. The molecule has 0 fully saturated rings. The van der Waals surface area contributed by atoms with Gasteiger partial charge in [-0.05, 0) is 55.8 Å². The minimum Gasteiger partial charge on any atom is -0.495 e. The van der Waals surface area contributed by atoms with Crippen LogP contribution in [0, 0.1) is 6.92 Å². The van der Waals surface area contributed by atoms with Gasteiger partial charge in [0.25, 0.3) is 11.8 Å². The monoisotopic (exact) mass is 389 g/mol. The van der Waals surface area contributed by atoms with E-state index in [0.29, 0.717) is 23.5 Å². The molecule has 0 bridgehead atoms. The lowest BCUT2D eigenvalue weighted by Crippen LogP contribution is -2.31. The summed E-state index contributed by atoms with van der Waals surface area (Å²) in [5.41, 5.74) is 2.97. The molecule has 3 rings (SSSR count). The summed E-state index contributed by atoms with van der Waals surface area (Å²) in [5, 5.41) is 2.77. The molecular weight excluding hydrogens is 366 g/mol. The van der Waals surface area contributed by atoms with E-state index in [1.54, 1.807) is 29.2 Å². The normalized spacial score (nSPS) is 10.3. The molecule has 3 aromatic rings. The lowest BCUT2D eigenvalue weighted by molar-refractivity contribution is 0.0988. The molecule has 1 aromatic heterocycles. The van der Waals surface area contributed by atoms with E-state index in [1.807, 2.05) is 44.2 Å². The summed E-state index contributed by atoms with van der Waals surface area (Å²) in [6, 6.07) is 18.0. The first kappa shape index (κ1) is 20.1. The highest BCUT2D eigenvalue weighted by Gasteiger charge is 2.19. The van der Waals surface area contributed by atoms with Crippen LogP contribution in [-0.4, -0.2) is 30.5 Å². The molecule has 29 heavy (non-hydrogen) atoms. The molecule has 148 valence electrons. The van der Waals surface area contributed by atoms with Crippen molar-refractivity contribution in [1.82, 2.24) is 4.98 Å². The Morgan fingerprint density at radius 3 is 2.59 bits per heavy atom. The van der Waals surface area contributed by atoms with Crippen LogP contribution in [0.3, 0.4) is 0 Å². The van der Waals surface area contributed by atoms with Crippen LogP contribution < -0.4 is 15.0 Å². The predicted octanol–water partition coefficient (Wildman–Crippen LogP) is 4.32. The first-order valence-electron chi connectivity index (χ1n) is 9.32. The number of pyridine rings is 1. The molecule has 1 N–H and O–H groups in total. The van der Waals surface area contributed by atoms with Gasteiger partial charge in [-0.3, -0.25) is 14.6 Å². The summed E-state index contributed by atoms with van der Waals surface area (Å²) in [4.78, 5) is 31.5. The molecule has 0 saturated carbocycles. The molecule has 2 aromatic carbocycles. The average Bonchev–Trinajstić information content (AvgIpc) is 2.74. The molecule has 2 amide bonds. The number of aryl methyl sites for hydroxylation is 1. The third-order valence-electron chi connectivity index (χ3n) is 4.47. The van der Waals surface area contributed by atoms with E-state index < -0.39 is 5.91 Å². The molecule has 0 aliphatic rings. The van der Waals surface area contributed by atoms with Crippen molar-refractivity contribution >= 4 is 23.2 Å². The fourth-order valence-corrected chi connectivity index (χ4v) is 3.02. The number of amides is 2. The number of hydrogen-bond donors (Lipinski definition) is 1. The quantitative estimate of drug-likeness (QED) is 0.682. The van der Waals surface area contributed by atoms with E-state index in [2.05, 4.69) is 10.3 Å². The number of methoxy groups -OCH3 is 1. The average molecular weight is 389 g/mol. The van der Waals surface area contributed by atoms with E-state index >= 15 is 0 Å². The first-order chi connectivity index (χ1) is 14.0. The summed E-state index contributed by atoms with van der Waals surface area (Å²) < 4.78 is 5.25. The van der Waals surface area contributed by atoms with Gasteiger partial charge in [0.2, 0.25) is 0 Å². The Labute approximate surface area is 170 Å². The molecule has 0 radical (unpaired) electrons. The molecule has 0 unspecified atom stereocenters. The zero-order valence-corrected chi connectivity index (χ0v) is 16.7. The molecule has 0 atom stereocenters. The van der Waals surface area contributed by atoms with Gasteiger partial charge in [0, 0.05) is 24.0 Å². The highest BCUT2D eigenvalue weighted by molar-refractivity contribution is 6.09. The number of carbonyl (C=O) groups is 2. The van der Waals surface area contributed by atoms with E-state index in [0.717, 1.165) is 11.3 Å². The van der Waals surface area contributed by atoms with Crippen molar-refractivity contribution in [3.05, 3.63) is 83.7 Å². The van der Waals surface area contributed by atoms with Crippen molar-refractivity contribution in [2.45, 2.75) is 13.8 Å². The maximum absolute atomic E-state index is 13.1. The van der Waals surface area contributed by atoms with E-state index in [1.165, 1.54) is 19.4 Å². The Bertz CT molecular complexity index is 1030. The maximum atomic E-state index is 13.1. The predicted molar refractivity (Wildman–Crippen MR) is 114 cm³/mol. The maximum Gasteiger partial charge on any atom is 0.274 e. The SMILES string of the molecule is CCN(C(=O)c1ccnc(C(=O)Nc2ccccc2OC)c1)c1cccc(C)c1. The fourth-order valence-electron chi connectivity index (χ4n) is 3.02. The lowest BCUT2D eigenvalue weighted by atomic mass is 10.1. The Kier molecular flexibility index (Phi) is 6.24. The molecule has 0 aliphatic heterocycles. The summed E-state index contributed by atoms with van der Waals surface area (Å²) in [5.74, 6) is -0.0562. The molecule has 6 heteroatoms. The molecule has 0 spiro atoms. The zero-order chi connectivity index (χ0) is 20.8. The fraction of sp³-hybridized carbons (Fsp3) is 0.174. The van der Waals surface area contributed by atoms with E-state index in [9.17, 15) is 9.59 Å². The number of rotatable bonds is 6. The molecule has 0 aliphatic carbocycles. The Morgan fingerprint density at radius 1 is 1.07 bits per heavy atom. The van der Waals surface area contributed by atoms with Crippen LogP contribution in [0.5, 0.6) is 5.75 Å². The van der Waals surface area contributed by atoms with Gasteiger partial charge in [0.1, 0.15) is 11.4 Å².